The van der Waals surface area contributed by atoms with Crippen LogP contribution in [0.2, 0.25) is 0 Å². The van der Waals surface area contributed by atoms with Crippen molar-refractivity contribution in [2.75, 3.05) is 33.7 Å². The highest BCUT2D eigenvalue weighted by Gasteiger charge is 2.20. The van der Waals surface area contributed by atoms with E-state index in [1.165, 1.54) is 37.9 Å². The summed E-state index contributed by atoms with van der Waals surface area (Å²) in [4.78, 5) is 9.42. The molecule has 2 rings (SSSR count). The minimum absolute atomic E-state index is 0.615. The summed E-state index contributed by atoms with van der Waals surface area (Å²) in [5, 5.41) is 3.55. The molecule has 4 heteroatoms. The number of rotatable bonds is 6. The van der Waals surface area contributed by atoms with Crippen molar-refractivity contribution in [3.05, 3.63) is 35.9 Å². The molecule has 1 N–H and O–H groups in total. The smallest absolute Gasteiger partial charge is 0.193 e. The van der Waals surface area contributed by atoms with Gasteiger partial charge in [0.25, 0.3) is 0 Å². The number of nitrogens with zero attached hydrogens (tertiary/aromatic N) is 3. The second-order valence-electron chi connectivity index (χ2n) is 6.21. The number of likely N-dealkylation sites (tertiary alicyclic amines) is 1. The van der Waals surface area contributed by atoms with Gasteiger partial charge in [-0.2, -0.15) is 0 Å². The van der Waals surface area contributed by atoms with Crippen LogP contribution in [0.15, 0.2) is 35.3 Å². The lowest BCUT2D eigenvalue weighted by Crippen LogP contribution is -2.45. The van der Waals surface area contributed by atoms with Gasteiger partial charge in [0, 0.05) is 26.7 Å². The Bertz CT molecular complexity index is 449. The molecular weight excluding hydrogens is 272 g/mol. The third-order valence-electron chi connectivity index (χ3n) is 4.30. The van der Waals surface area contributed by atoms with E-state index in [1.807, 2.05) is 20.2 Å². The molecule has 1 aromatic carbocycles. The van der Waals surface area contributed by atoms with E-state index in [-0.39, 0.29) is 0 Å². The Kier molecular flexibility index (Phi) is 6.72. The molecule has 1 saturated heterocycles. The molecule has 0 aliphatic carbocycles. The zero-order valence-electron chi connectivity index (χ0n) is 14.3. The van der Waals surface area contributed by atoms with Crippen LogP contribution in [0.3, 0.4) is 0 Å². The number of hydrogen-bond acceptors (Lipinski definition) is 2. The Morgan fingerprint density at radius 1 is 1.23 bits per heavy atom. The largest absolute Gasteiger partial charge is 0.355 e. The van der Waals surface area contributed by atoms with Gasteiger partial charge in [-0.15, -0.1) is 0 Å². The molecule has 0 saturated carbocycles. The van der Waals surface area contributed by atoms with Gasteiger partial charge in [0.1, 0.15) is 0 Å². The molecule has 1 heterocycles. The van der Waals surface area contributed by atoms with Crippen molar-refractivity contribution in [2.24, 2.45) is 4.99 Å². The first-order valence-corrected chi connectivity index (χ1v) is 8.44. The zero-order chi connectivity index (χ0) is 15.8. The predicted octanol–water partition coefficient (Wildman–Crippen LogP) is 2.57. The zero-order valence-corrected chi connectivity index (χ0v) is 14.3. The standard InChI is InChI=1S/C18H30N4/c1-4-17(22-12-8-9-13-22)15-20-18(21(2)3)19-14-16-10-6-5-7-11-16/h5-7,10-11,17H,4,8-9,12-15H2,1-3H3,(H,19,20). The van der Waals surface area contributed by atoms with Gasteiger partial charge < -0.3 is 10.2 Å². The number of hydrogen-bond donors (Lipinski definition) is 1. The van der Waals surface area contributed by atoms with Crippen LogP contribution in [0.4, 0.5) is 0 Å². The molecule has 0 amide bonds. The maximum Gasteiger partial charge on any atom is 0.193 e. The quantitative estimate of drug-likeness (QED) is 0.647. The molecule has 1 aliphatic rings. The molecule has 0 spiro atoms. The molecule has 22 heavy (non-hydrogen) atoms. The molecular formula is C18H30N4. The van der Waals surface area contributed by atoms with E-state index in [0.29, 0.717) is 6.04 Å². The maximum absolute atomic E-state index is 4.74. The summed E-state index contributed by atoms with van der Waals surface area (Å²) in [5.74, 6) is 0.974. The van der Waals surface area contributed by atoms with Crippen molar-refractivity contribution >= 4 is 5.96 Å². The first kappa shape index (κ1) is 16.8. The number of aliphatic imine (C=N–C) groups is 1. The minimum Gasteiger partial charge on any atom is -0.355 e. The van der Waals surface area contributed by atoms with Crippen molar-refractivity contribution in [3.8, 4) is 0 Å². The van der Waals surface area contributed by atoms with E-state index < -0.39 is 0 Å². The summed E-state index contributed by atoms with van der Waals surface area (Å²) in [6, 6.07) is 11.0. The van der Waals surface area contributed by atoms with E-state index in [9.17, 15) is 0 Å². The Balaban J connectivity index is 1.90. The van der Waals surface area contributed by atoms with Crippen molar-refractivity contribution in [1.29, 1.82) is 0 Å². The van der Waals surface area contributed by atoms with Gasteiger partial charge in [-0.05, 0) is 37.9 Å². The van der Waals surface area contributed by atoms with Crippen LogP contribution in [0, 0.1) is 0 Å². The van der Waals surface area contributed by atoms with Crippen molar-refractivity contribution < 1.29 is 0 Å². The van der Waals surface area contributed by atoms with E-state index >= 15 is 0 Å². The molecule has 0 aromatic heterocycles. The molecule has 1 aliphatic heterocycles. The third-order valence-corrected chi connectivity index (χ3v) is 4.30. The highest BCUT2D eigenvalue weighted by Crippen LogP contribution is 2.13. The van der Waals surface area contributed by atoms with E-state index in [1.54, 1.807) is 0 Å². The molecule has 4 nitrogen and oxygen atoms in total. The predicted molar refractivity (Wildman–Crippen MR) is 94.2 cm³/mol. The normalized spacial score (nSPS) is 17.5. The van der Waals surface area contributed by atoms with Crippen LogP contribution >= 0.6 is 0 Å². The average Bonchev–Trinajstić information content (AvgIpc) is 3.05. The molecule has 122 valence electrons. The second kappa shape index (κ2) is 8.79. The van der Waals surface area contributed by atoms with Crippen LogP contribution in [0.5, 0.6) is 0 Å². The van der Waals surface area contributed by atoms with E-state index in [0.717, 1.165) is 19.0 Å². The molecule has 0 bridgehead atoms. The molecule has 1 atom stereocenters. The van der Waals surface area contributed by atoms with Gasteiger partial charge in [-0.3, -0.25) is 4.90 Å². The summed E-state index contributed by atoms with van der Waals surface area (Å²) in [6.45, 7) is 6.47. The van der Waals surface area contributed by atoms with Gasteiger partial charge in [-0.25, -0.2) is 4.99 Å². The highest BCUT2D eigenvalue weighted by atomic mass is 15.3. The summed E-state index contributed by atoms with van der Waals surface area (Å²) < 4.78 is 0. The maximum atomic E-state index is 4.74. The van der Waals surface area contributed by atoms with Crippen molar-refractivity contribution in [2.45, 2.75) is 38.8 Å². The number of benzene rings is 1. The first-order chi connectivity index (χ1) is 10.7. The Hall–Kier alpha value is -1.55. The Morgan fingerprint density at radius 2 is 1.91 bits per heavy atom. The summed E-state index contributed by atoms with van der Waals surface area (Å²) in [7, 11) is 4.10. The number of nitrogens with one attached hydrogen (secondary N) is 1. The van der Waals surface area contributed by atoms with Crippen molar-refractivity contribution in [3.63, 3.8) is 0 Å². The van der Waals surface area contributed by atoms with Crippen molar-refractivity contribution in [1.82, 2.24) is 15.1 Å². The van der Waals surface area contributed by atoms with Gasteiger partial charge in [0.05, 0.1) is 6.54 Å². The molecule has 0 radical (unpaired) electrons. The minimum atomic E-state index is 0.615. The summed E-state index contributed by atoms with van der Waals surface area (Å²) in [6.07, 6.45) is 3.88. The van der Waals surface area contributed by atoms with Gasteiger partial charge in [-0.1, -0.05) is 37.3 Å². The van der Waals surface area contributed by atoms with Gasteiger partial charge in [0.15, 0.2) is 5.96 Å². The van der Waals surface area contributed by atoms with Crippen LogP contribution in [-0.2, 0) is 6.54 Å². The van der Waals surface area contributed by atoms with Crippen LogP contribution in [0.25, 0.3) is 0 Å². The molecule has 1 unspecified atom stereocenters. The lowest BCUT2D eigenvalue weighted by Gasteiger charge is -2.28. The lowest BCUT2D eigenvalue weighted by molar-refractivity contribution is 0.235. The number of guanidine groups is 1. The average molecular weight is 302 g/mol. The fraction of sp³-hybridized carbons (Fsp3) is 0.611. The topological polar surface area (TPSA) is 30.9 Å². The third kappa shape index (κ3) is 5.02. The Morgan fingerprint density at radius 3 is 2.50 bits per heavy atom. The van der Waals surface area contributed by atoms with E-state index in [4.69, 9.17) is 4.99 Å². The van der Waals surface area contributed by atoms with Gasteiger partial charge >= 0.3 is 0 Å². The molecule has 1 fully saturated rings. The summed E-state index contributed by atoms with van der Waals surface area (Å²) >= 11 is 0. The fourth-order valence-electron chi connectivity index (χ4n) is 2.95. The van der Waals surface area contributed by atoms with E-state index in [2.05, 4.69) is 46.3 Å². The van der Waals surface area contributed by atoms with Crippen LogP contribution in [-0.4, -0.2) is 55.5 Å². The van der Waals surface area contributed by atoms with Gasteiger partial charge in [0.2, 0.25) is 0 Å². The first-order valence-electron chi connectivity index (χ1n) is 8.44. The summed E-state index contributed by atoms with van der Waals surface area (Å²) in [5.41, 5.74) is 1.25. The highest BCUT2D eigenvalue weighted by molar-refractivity contribution is 5.79. The monoisotopic (exact) mass is 302 g/mol. The second-order valence-corrected chi connectivity index (χ2v) is 6.21. The molecule has 1 aromatic rings. The lowest BCUT2D eigenvalue weighted by atomic mass is 10.2. The van der Waals surface area contributed by atoms with Crippen LogP contribution in [0.1, 0.15) is 31.7 Å². The Labute approximate surface area is 135 Å². The SMILES string of the molecule is CCC(CNC(=NCc1ccccc1)N(C)C)N1CCCC1. The van der Waals surface area contributed by atoms with Crippen LogP contribution < -0.4 is 5.32 Å². The fourth-order valence-corrected chi connectivity index (χ4v) is 2.95.